The van der Waals surface area contributed by atoms with Crippen LogP contribution in [0.2, 0.25) is 5.02 Å². The van der Waals surface area contributed by atoms with Gasteiger partial charge in [-0.3, -0.25) is 4.79 Å². The highest BCUT2D eigenvalue weighted by Gasteiger charge is 2.46. The first kappa shape index (κ1) is 15.6. The quantitative estimate of drug-likeness (QED) is 0.853. The molecule has 1 aliphatic heterocycles. The fourth-order valence-electron chi connectivity index (χ4n) is 3.68. The van der Waals surface area contributed by atoms with E-state index in [1.165, 1.54) is 5.56 Å². The zero-order valence-electron chi connectivity index (χ0n) is 13.6. The first-order chi connectivity index (χ1) is 11.6. The Bertz CT molecular complexity index is 760. The third-order valence-corrected chi connectivity index (χ3v) is 5.26. The van der Waals surface area contributed by atoms with Gasteiger partial charge in [0.25, 0.3) is 0 Å². The molecule has 3 unspecified atom stereocenters. The number of aryl methyl sites for hydroxylation is 1. The van der Waals surface area contributed by atoms with E-state index in [0.29, 0.717) is 18.4 Å². The number of hydrogen-bond donors (Lipinski definition) is 0. The molecule has 2 fully saturated rings. The van der Waals surface area contributed by atoms with Gasteiger partial charge in [-0.25, -0.2) is 0 Å². The van der Waals surface area contributed by atoms with E-state index in [-0.39, 0.29) is 17.7 Å². The Labute approximate surface area is 146 Å². The number of rotatable bonds is 3. The lowest BCUT2D eigenvalue weighted by molar-refractivity contribution is -0.133. The van der Waals surface area contributed by atoms with Gasteiger partial charge in [0.1, 0.15) is 0 Å². The standard InChI is InChI=1S/C18H20ClN3O2/c1-11-20-17(21-24-11)13-5-3-7-22(10-13)18(23)16-9-15(16)12-4-2-6-14(19)8-12/h2,4,6,8,13,15-16H,3,5,7,9-10H2,1H3. The summed E-state index contributed by atoms with van der Waals surface area (Å²) in [5.74, 6) is 2.15. The monoisotopic (exact) mass is 345 g/mol. The number of benzene rings is 1. The molecule has 6 heteroatoms. The molecule has 1 aromatic carbocycles. The average molecular weight is 346 g/mol. The third-order valence-electron chi connectivity index (χ3n) is 5.03. The molecule has 5 nitrogen and oxygen atoms in total. The highest BCUT2D eigenvalue weighted by Crippen LogP contribution is 2.49. The van der Waals surface area contributed by atoms with E-state index >= 15 is 0 Å². The average Bonchev–Trinajstić information content (AvgIpc) is 3.28. The van der Waals surface area contributed by atoms with Gasteiger partial charge in [0.05, 0.1) is 0 Å². The third kappa shape index (κ3) is 3.05. The summed E-state index contributed by atoms with van der Waals surface area (Å²) in [6.45, 7) is 3.31. The number of hydrogen-bond acceptors (Lipinski definition) is 4. The molecular formula is C18H20ClN3O2. The molecule has 1 amide bonds. The van der Waals surface area contributed by atoms with Gasteiger partial charge < -0.3 is 9.42 Å². The highest BCUT2D eigenvalue weighted by molar-refractivity contribution is 6.30. The summed E-state index contributed by atoms with van der Waals surface area (Å²) in [5.41, 5.74) is 1.17. The maximum absolute atomic E-state index is 12.8. The summed E-state index contributed by atoms with van der Waals surface area (Å²) >= 11 is 6.06. The van der Waals surface area contributed by atoms with Crippen LogP contribution in [0.5, 0.6) is 0 Å². The normalized spacial score (nSPS) is 26.4. The van der Waals surface area contributed by atoms with Crippen LogP contribution in [-0.4, -0.2) is 34.0 Å². The number of nitrogens with zero attached hydrogens (tertiary/aromatic N) is 3. The SMILES string of the molecule is Cc1nc(C2CCCN(C(=O)C3CC3c3cccc(Cl)c3)C2)no1. The molecule has 126 valence electrons. The first-order valence-corrected chi connectivity index (χ1v) is 8.84. The predicted octanol–water partition coefficient (Wildman–Crippen LogP) is 3.54. The summed E-state index contributed by atoms with van der Waals surface area (Å²) in [5, 5.41) is 4.76. The van der Waals surface area contributed by atoms with Gasteiger partial charge in [0, 0.05) is 36.9 Å². The molecule has 4 rings (SSSR count). The molecule has 2 heterocycles. The van der Waals surface area contributed by atoms with Crippen molar-refractivity contribution < 1.29 is 9.32 Å². The van der Waals surface area contributed by atoms with Gasteiger partial charge in [-0.15, -0.1) is 0 Å². The van der Waals surface area contributed by atoms with Crippen molar-refractivity contribution in [3.63, 3.8) is 0 Å². The predicted molar refractivity (Wildman–Crippen MR) is 89.9 cm³/mol. The van der Waals surface area contributed by atoms with Gasteiger partial charge in [-0.2, -0.15) is 4.98 Å². The second-order valence-electron chi connectivity index (χ2n) is 6.80. The number of carbonyl (C=O) groups excluding carboxylic acids is 1. The van der Waals surface area contributed by atoms with Gasteiger partial charge >= 0.3 is 0 Å². The zero-order chi connectivity index (χ0) is 16.7. The Morgan fingerprint density at radius 1 is 1.42 bits per heavy atom. The number of carbonyl (C=O) groups is 1. The fourth-order valence-corrected chi connectivity index (χ4v) is 3.88. The van der Waals surface area contributed by atoms with E-state index in [1.807, 2.05) is 23.1 Å². The fraction of sp³-hybridized carbons (Fsp3) is 0.500. The second-order valence-corrected chi connectivity index (χ2v) is 7.24. The van der Waals surface area contributed by atoms with E-state index in [0.717, 1.165) is 36.7 Å². The topological polar surface area (TPSA) is 59.2 Å². The van der Waals surface area contributed by atoms with Crippen molar-refractivity contribution in [2.24, 2.45) is 5.92 Å². The minimum atomic E-state index is 0.0919. The van der Waals surface area contributed by atoms with E-state index in [9.17, 15) is 4.79 Å². The summed E-state index contributed by atoms with van der Waals surface area (Å²) in [6.07, 6.45) is 2.91. The van der Waals surface area contributed by atoms with E-state index in [2.05, 4.69) is 16.2 Å². The van der Waals surface area contributed by atoms with Crippen LogP contribution in [0.1, 0.15) is 48.4 Å². The summed E-state index contributed by atoms with van der Waals surface area (Å²) in [4.78, 5) is 19.2. The van der Waals surface area contributed by atoms with E-state index in [4.69, 9.17) is 16.1 Å². The van der Waals surface area contributed by atoms with E-state index in [1.54, 1.807) is 6.92 Å². The maximum atomic E-state index is 12.8. The van der Waals surface area contributed by atoms with Crippen LogP contribution < -0.4 is 0 Å². The molecule has 1 saturated carbocycles. The van der Waals surface area contributed by atoms with Crippen LogP contribution in [0, 0.1) is 12.8 Å². The Morgan fingerprint density at radius 2 is 2.29 bits per heavy atom. The highest BCUT2D eigenvalue weighted by atomic mass is 35.5. The van der Waals surface area contributed by atoms with Crippen molar-refractivity contribution in [1.29, 1.82) is 0 Å². The maximum Gasteiger partial charge on any atom is 0.226 e. The summed E-state index contributed by atoms with van der Waals surface area (Å²) in [7, 11) is 0. The van der Waals surface area contributed by atoms with Gasteiger partial charge in [0.2, 0.25) is 11.8 Å². The molecule has 2 aliphatic rings. The Hall–Kier alpha value is -1.88. The number of aromatic nitrogens is 2. The molecule has 0 spiro atoms. The van der Waals surface area contributed by atoms with Crippen molar-refractivity contribution in [3.8, 4) is 0 Å². The zero-order valence-corrected chi connectivity index (χ0v) is 14.4. The van der Waals surface area contributed by atoms with Crippen molar-refractivity contribution in [1.82, 2.24) is 15.0 Å². The number of likely N-dealkylation sites (tertiary alicyclic amines) is 1. The van der Waals surface area contributed by atoms with Crippen LogP contribution in [0.25, 0.3) is 0 Å². The summed E-state index contributed by atoms with van der Waals surface area (Å²) in [6, 6.07) is 7.85. The van der Waals surface area contributed by atoms with Crippen LogP contribution in [-0.2, 0) is 4.79 Å². The number of piperidine rings is 1. The minimum Gasteiger partial charge on any atom is -0.342 e. The van der Waals surface area contributed by atoms with Crippen molar-refractivity contribution in [2.45, 2.75) is 38.0 Å². The molecule has 1 saturated heterocycles. The van der Waals surface area contributed by atoms with Gasteiger partial charge in [-0.05, 0) is 42.9 Å². The number of amides is 1. The second kappa shape index (κ2) is 6.20. The molecule has 3 atom stereocenters. The van der Waals surface area contributed by atoms with Crippen molar-refractivity contribution >= 4 is 17.5 Å². The van der Waals surface area contributed by atoms with Crippen molar-refractivity contribution in [3.05, 3.63) is 46.6 Å². The molecule has 1 aromatic heterocycles. The van der Waals surface area contributed by atoms with Gasteiger partial charge in [-0.1, -0.05) is 28.9 Å². The van der Waals surface area contributed by atoms with Crippen LogP contribution in [0.3, 0.4) is 0 Å². The number of halogens is 1. The van der Waals surface area contributed by atoms with Gasteiger partial charge in [0.15, 0.2) is 5.82 Å². The Morgan fingerprint density at radius 3 is 3.04 bits per heavy atom. The first-order valence-electron chi connectivity index (χ1n) is 8.46. The minimum absolute atomic E-state index is 0.0919. The molecule has 0 N–H and O–H groups in total. The van der Waals surface area contributed by atoms with E-state index < -0.39 is 0 Å². The van der Waals surface area contributed by atoms with Crippen LogP contribution >= 0.6 is 11.6 Å². The molecule has 0 radical (unpaired) electrons. The lowest BCUT2D eigenvalue weighted by Crippen LogP contribution is -2.40. The van der Waals surface area contributed by atoms with Crippen molar-refractivity contribution in [2.75, 3.05) is 13.1 Å². The largest absolute Gasteiger partial charge is 0.342 e. The van der Waals surface area contributed by atoms with Crippen LogP contribution in [0.15, 0.2) is 28.8 Å². The molecule has 2 aromatic rings. The summed E-state index contributed by atoms with van der Waals surface area (Å²) < 4.78 is 5.08. The molecule has 0 bridgehead atoms. The lowest BCUT2D eigenvalue weighted by Gasteiger charge is -2.31. The Kier molecular flexibility index (Phi) is 4.04. The molecule has 24 heavy (non-hydrogen) atoms. The lowest BCUT2D eigenvalue weighted by atomic mass is 9.96. The van der Waals surface area contributed by atoms with Crippen LogP contribution in [0.4, 0.5) is 0 Å². The molecule has 1 aliphatic carbocycles. The smallest absolute Gasteiger partial charge is 0.226 e. The molecular weight excluding hydrogens is 326 g/mol. The Balaban J connectivity index is 1.42.